The minimum atomic E-state index is -0.446. The number of hydrogen-bond acceptors (Lipinski definition) is 4. The first-order chi connectivity index (χ1) is 22.4. The van der Waals surface area contributed by atoms with Crippen LogP contribution in [0.2, 0.25) is 0 Å². The Morgan fingerprint density at radius 2 is 1.46 bits per heavy atom. The first-order valence-corrected chi connectivity index (χ1v) is 16.4. The second-order valence-electron chi connectivity index (χ2n) is 13.3. The fraction of sp³-hybridized carbons (Fsp3) is 0.190. The van der Waals surface area contributed by atoms with Crippen LogP contribution in [0.5, 0.6) is 0 Å². The van der Waals surface area contributed by atoms with E-state index in [2.05, 4.69) is 169 Å². The molecule has 0 amide bonds. The van der Waals surface area contributed by atoms with Crippen molar-refractivity contribution in [1.29, 1.82) is 0 Å². The van der Waals surface area contributed by atoms with Gasteiger partial charge in [-0.3, -0.25) is 10.6 Å². The zero-order valence-corrected chi connectivity index (χ0v) is 26.4. The van der Waals surface area contributed by atoms with Crippen LogP contribution in [-0.4, -0.2) is 6.17 Å². The summed E-state index contributed by atoms with van der Waals surface area (Å²) in [4.78, 5) is 0. The zero-order chi connectivity index (χ0) is 31.3. The predicted molar refractivity (Wildman–Crippen MR) is 191 cm³/mol. The molecule has 0 saturated carbocycles. The topological polar surface area (TPSA) is 72.0 Å². The van der Waals surface area contributed by atoms with E-state index < -0.39 is 5.66 Å². The lowest BCUT2D eigenvalue weighted by molar-refractivity contribution is 0.443. The highest BCUT2D eigenvalue weighted by Gasteiger charge is 2.56. The molecular formula is C42H40N4. The number of fused-ring (bicyclic) bond motifs is 3. The maximum absolute atomic E-state index is 6.75. The van der Waals surface area contributed by atoms with Crippen molar-refractivity contribution in [3.8, 4) is 22.3 Å². The van der Waals surface area contributed by atoms with Gasteiger partial charge in [0.2, 0.25) is 0 Å². The lowest BCUT2D eigenvalue weighted by atomic mass is 9.81. The molecule has 2 aliphatic carbocycles. The summed E-state index contributed by atoms with van der Waals surface area (Å²) in [6.45, 7) is 4.67. The fourth-order valence-corrected chi connectivity index (χ4v) is 7.50. The molecule has 2 unspecified atom stereocenters. The number of para-hydroxylation sites is 1. The number of rotatable bonds is 8. The highest BCUT2D eigenvalue weighted by molar-refractivity contribution is 5.87. The maximum Gasteiger partial charge on any atom is 0.117 e. The number of nitrogens with one attached hydrogen (secondary N) is 3. The molecule has 0 bridgehead atoms. The molecule has 5 aromatic rings. The van der Waals surface area contributed by atoms with E-state index in [0.717, 1.165) is 35.4 Å². The van der Waals surface area contributed by atoms with Crippen LogP contribution in [0.15, 0.2) is 145 Å². The largest absolute Gasteiger partial charge is 0.355 e. The van der Waals surface area contributed by atoms with Gasteiger partial charge in [0.1, 0.15) is 5.66 Å². The van der Waals surface area contributed by atoms with Gasteiger partial charge in [0.05, 0.1) is 12.2 Å². The van der Waals surface area contributed by atoms with Crippen molar-refractivity contribution in [2.75, 3.05) is 5.32 Å². The van der Waals surface area contributed by atoms with Gasteiger partial charge in [0.25, 0.3) is 0 Å². The van der Waals surface area contributed by atoms with E-state index in [4.69, 9.17) is 5.73 Å². The van der Waals surface area contributed by atoms with Gasteiger partial charge in [-0.15, -0.1) is 0 Å². The third kappa shape index (κ3) is 4.90. The summed E-state index contributed by atoms with van der Waals surface area (Å²) in [7, 11) is 0. The van der Waals surface area contributed by atoms with Gasteiger partial charge in [-0.1, -0.05) is 129 Å². The van der Waals surface area contributed by atoms with Crippen molar-refractivity contribution >= 4 is 11.4 Å². The highest BCUT2D eigenvalue weighted by Crippen LogP contribution is 2.50. The number of nitrogens with two attached hydrogens (primary N) is 1. The second-order valence-corrected chi connectivity index (χ2v) is 13.3. The van der Waals surface area contributed by atoms with E-state index in [0.29, 0.717) is 0 Å². The van der Waals surface area contributed by atoms with Crippen LogP contribution in [0.4, 0.5) is 11.4 Å². The summed E-state index contributed by atoms with van der Waals surface area (Å²) in [5.41, 5.74) is 19.8. The summed E-state index contributed by atoms with van der Waals surface area (Å²) < 4.78 is 0. The number of anilines is 2. The Kier molecular flexibility index (Phi) is 7.02. The molecule has 3 aliphatic rings. The van der Waals surface area contributed by atoms with Crippen molar-refractivity contribution in [3.05, 3.63) is 167 Å². The van der Waals surface area contributed by atoms with Crippen molar-refractivity contribution < 1.29 is 0 Å². The maximum atomic E-state index is 6.75. The van der Waals surface area contributed by atoms with Crippen molar-refractivity contribution in [1.82, 2.24) is 10.6 Å². The molecular weight excluding hydrogens is 560 g/mol. The van der Waals surface area contributed by atoms with Crippen LogP contribution >= 0.6 is 0 Å². The average Bonchev–Trinajstić information content (AvgIpc) is 3.79. The van der Waals surface area contributed by atoms with Crippen LogP contribution in [0.1, 0.15) is 55.0 Å². The third-order valence-corrected chi connectivity index (χ3v) is 10.1. The molecule has 4 heteroatoms. The summed E-state index contributed by atoms with van der Waals surface area (Å²) in [6.07, 6.45) is 8.44. The van der Waals surface area contributed by atoms with Crippen molar-refractivity contribution in [3.63, 3.8) is 0 Å². The SMILES string of the molecule is CC1(C)c2ccccc2-c2ccc(-c3ccccc3Nc3ccc([C@]4(NC(N)C5=CCCC=C5)NC4c4ccccc4)cc3)cc21. The monoisotopic (exact) mass is 600 g/mol. The van der Waals surface area contributed by atoms with Gasteiger partial charge in [-0.05, 0) is 81.6 Å². The second kappa shape index (κ2) is 11.3. The quantitative estimate of drug-likeness (QED) is 0.106. The molecule has 4 nitrogen and oxygen atoms in total. The van der Waals surface area contributed by atoms with E-state index in [1.54, 1.807) is 0 Å². The molecule has 1 fully saturated rings. The fourth-order valence-electron chi connectivity index (χ4n) is 7.50. The lowest BCUT2D eigenvalue weighted by Gasteiger charge is -2.25. The smallest absolute Gasteiger partial charge is 0.117 e. The Hall–Kier alpha value is -4.74. The van der Waals surface area contributed by atoms with Crippen molar-refractivity contribution in [2.24, 2.45) is 5.73 Å². The van der Waals surface area contributed by atoms with Gasteiger partial charge in [-0.25, -0.2) is 0 Å². The van der Waals surface area contributed by atoms with Crippen LogP contribution < -0.4 is 21.7 Å². The summed E-state index contributed by atoms with van der Waals surface area (Å²) in [5.74, 6) is 0. The summed E-state index contributed by atoms with van der Waals surface area (Å²) in [6, 6.07) is 43.8. The Morgan fingerprint density at radius 3 is 2.24 bits per heavy atom. The molecule has 1 heterocycles. The van der Waals surface area contributed by atoms with Crippen LogP contribution in [0.25, 0.3) is 22.3 Å². The zero-order valence-electron chi connectivity index (χ0n) is 26.4. The molecule has 0 radical (unpaired) electrons. The molecule has 5 N–H and O–H groups in total. The first kappa shape index (κ1) is 28.7. The summed E-state index contributed by atoms with van der Waals surface area (Å²) in [5, 5.41) is 11.2. The molecule has 0 spiro atoms. The molecule has 0 aromatic heterocycles. The highest BCUT2D eigenvalue weighted by atomic mass is 15.4. The molecule has 228 valence electrons. The normalized spacial score (nSPS) is 21.2. The Balaban J connectivity index is 1.08. The van der Waals surface area contributed by atoms with Crippen molar-refractivity contribution in [2.45, 2.75) is 50.0 Å². The minimum absolute atomic E-state index is 0.0368. The number of hydrogen-bond donors (Lipinski definition) is 4. The molecule has 8 rings (SSSR count). The Bertz CT molecular complexity index is 1970. The molecule has 5 aromatic carbocycles. The van der Waals surface area contributed by atoms with Gasteiger partial charge in [0, 0.05) is 22.4 Å². The van der Waals surface area contributed by atoms with Gasteiger partial charge >= 0.3 is 0 Å². The minimum Gasteiger partial charge on any atom is -0.355 e. The number of benzene rings is 5. The molecule has 3 atom stereocenters. The van der Waals surface area contributed by atoms with Gasteiger partial charge < -0.3 is 11.1 Å². The first-order valence-electron chi connectivity index (χ1n) is 16.4. The van der Waals surface area contributed by atoms with Crippen LogP contribution in [-0.2, 0) is 11.1 Å². The Morgan fingerprint density at radius 1 is 0.739 bits per heavy atom. The average molecular weight is 601 g/mol. The predicted octanol–water partition coefficient (Wildman–Crippen LogP) is 9.05. The molecule has 1 aliphatic heterocycles. The molecule has 46 heavy (non-hydrogen) atoms. The van der Waals surface area contributed by atoms with E-state index in [9.17, 15) is 0 Å². The third-order valence-electron chi connectivity index (χ3n) is 10.1. The van der Waals surface area contributed by atoms with E-state index >= 15 is 0 Å². The summed E-state index contributed by atoms with van der Waals surface area (Å²) >= 11 is 0. The van der Waals surface area contributed by atoms with Crippen LogP contribution in [0, 0.1) is 0 Å². The van der Waals surface area contributed by atoms with E-state index in [-0.39, 0.29) is 17.6 Å². The standard InChI is InChI=1S/C42H40N4/c1-41(2)36-19-11-9-18-34(36)35-26-21-30(27-37(35)41)33-17-10-12-20-38(33)44-32-24-22-31(23-25-32)42(39(45-42)28-13-5-3-6-14-28)46-40(43)29-15-7-4-8-16-29/h3,5-7,9-27,39-40,44-46H,4,8,43H2,1-2H3/t39?,40?,42-/m1/s1. The van der Waals surface area contributed by atoms with Crippen LogP contribution in [0.3, 0.4) is 0 Å². The van der Waals surface area contributed by atoms with E-state index in [1.807, 2.05) is 0 Å². The number of allylic oxidation sites excluding steroid dienone is 2. The van der Waals surface area contributed by atoms with E-state index in [1.165, 1.54) is 38.9 Å². The van der Waals surface area contributed by atoms with Gasteiger partial charge in [0.15, 0.2) is 0 Å². The lowest BCUT2D eigenvalue weighted by Crippen LogP contribution is -2.47. The Labute approximate surface area is 272 Å². The molecule has 1 saturated heterocycles. The van der Waals surface area contributed by atoms with Gasteiger partial charge in [-0.2, -0.15) is 0 Å².